The second-order valence-electron chi connectivity index (χ2n) is 6.21. The van der Waals surface area contributed by atoms with Crippen molar-refractivity contribution in [1.29, 1.82) is 0 Å². The highest BCUT2D eigenvalue weighted by molar-refractivity contribution is 5.92. The molecular formula is C16H18N6O3. The predicted molar refractivity (Wildman–Crippen MR) is 91.6 cm³/mol. The van der Waals surface area contributed by atoms with Crippen LogP contribution in [-0.4, -0.2) is 30.2 Å². The molecule has 0 saturated carbocycles. The minimum absolute atomic E-state index is 0.138. The van der Waals surface area contributed by atoms with E-state index in [2.05, 4.69) is 20.4 Å². The summed E-state index contributed by atoms with van der Waals surface area (Å²) < 4.78 is 2.88. The maximum Gasteiger partial charge on any atom is 0.346 e. The topological polar surface area (TPSA) is 118 Å². The molecule has 0 aliphatic carbocycles. The second-order valence-corrected chi connectivity index (χ2v) is 6.21. The molecule has 9 heteroatoms. The van der Waals surface area contributed by atoms with Gasteiger partial charge < -0.3 is 15.3 Å². The Morgan fingerprint density at radius 2 is 2.00 bits per heavy atom. The first-order valence-electron chi connectivity index (χ1n) is 8.28. The number of carbonyl (C=O) groups excluding carboxylic acids is 1. The third-order valence-corrected chi connectivity index (χ3v) is 4.37. The summed E-state index contributed by atoms with van der Waals surface area (Å²) in [7, 11) is 0. The molecule has 0 radical (unpaired) electrons. The number of aryl methyl sites for hydroxylation is 1. The van der Waals surface area contributed by atoms with Gasteiger partial charge >= 0.3 is 11.4 Å². The number of anilines is 1. The van der Waals surface area contributed by atoms with E-state index in [1.165, 1.54) is 4.68 Å². The van der Waals surface area contributed by atoms with E-state index in [1.807, 2.05) is 0 Å². The van der Waals surface area contributed by atoms with Gasteiger partial charge in [-0.1, -0.05) is 6.42 Å². The standard InChI is InChI=1S/C16H18N6O3/c23-14(17-10-5-6-11-12(8-10)19-15(24)18-11)9-22-16(25)21-7-3-1-2-4-13(21)20-22/h5-6,8H,1-4,7,9H2,(H,17,23)(H2,18,19,24). The molecule has 1 amide bonds. The van der Waals surface area contributed by atoms with E-state index < -0.39 is 0 Å². The van der Waals surface area contributed by atoms with Crippen molar-refractivity contribution in [3.63, 3.8) is 0 Å². The van der Waals surface area contributed by atoms with Crippen LogP contribution in [0.5, 0.6) is 0 Å². The number of hydrogen-bond donors (Lipinski definition) is 3. The largest absolute Gasteiger partial charge is 0.346 e. The maximum absolute atomic E-state index is 12.4. The predicted octanol–water partition coefficient (Wildman–Crippen LogP) is 0.579. The molecule has 9 nitrogen and oxygen atoms in total. The van der Waals surface area contributed by atoms with Crippen molar-refractivity contribution in [2.75, 3.05) is 5.32 Å². The van der Waals surface area contributed by atoms with Gasteiger partial charge in [-0.25, -0.2) is 14.3 Å². The van der Waals surface area contributed by atoms with Crippen molar-refractivity contribution in [3.8, 4) is 0 Å². The fourth-order valence-corrected chi connectivity index (χ4v) is 3.18. The first kappa shape index (κ1) is 15.4. The molecule has 3 heterocycles. The number of carbonyl (C=O) groups is 1. The summed E-state index contributed by atoms with van der Waals surface area (Å²) in [5.41, 5.74) is 1.27. The van der Waals surface area contributed by atoms with Crippen LogP contribution in [0.25, 0.3) is 11.0 Å². The normalized spacial score (nSPS) is 14.2. The summed E-state index contributed by atoms with van der Waals surface area (Å²) in [5, 5.41) is 7.03. The molecule has 1 aliphatic heterocycles. The number of benzene rings is 1. The molecule has 0 fully saturated rings. The van der Waals surface area contributed by atoms with E-state index in [1.54, 1.807) is 22.8 Å². The number of rotatable bonds is 3. The van der Waals surface area contributed by atoms with E-state index in [4.69, 9.17) is 0 Å². The molecule has 4 rings (SSSR count). The molecule has 0 unspecified atom stereocenters. The first-order chi connectivity index (χ1) is 12.1. The molecule has 25 heavy (non-hydrogen) atoms. The number of nitrogens with one attached hydrogen (secondary N) is 3. The van der Waals surface area contributed by atoms with E-state index in [9.17, 15) is 14.4 Å². The minimum atomic E-state index is -0.340. The summed E-state index contributed by atoms with van der Waals surface area (Å²) in [5.74, 6) is 0.411. The molecule has 0 bridgehead atoms. The van der Waals surface area contributed by atoms with Crippen molar-refractivity contribution in [2.24, 2.45) is 0 Å². The van der Waals surface area contributed by atoms with Gasteiger partial charge in [0.1, 0.15) is 12.4 Å². The van der Waals surface area contributed by atoms with E-state index in [-0.39, 0.29) is 23.8 Å². The number of hydrogen-bond acceptors (Lipinski definition) is 4. The SMILES string of the molecule is O=C(Cn1nc2n(c1=O)CCCCC2)Nc1ccc2[nH]c(=O)[nH]c2c1. The van der Waals surface area contributed by atoms with Crippen LogP contribution in [0.1, 0.15) is 25.1 Å². The van der Waals surface area contributed by atoms with Gasteiger partial charge in [0.25, 0.3) is 0 Å². The Hall–Kier alpha value is -3.10. The van der Waals surface area contributed by atoms with Crippen LogP contribution < -0.4 is 16.7 Å². The number of imidazole rings is 1. The monoisotopic (exact) mass is 342 g/mol. The molecule has 1 aromatic carbocycles. The fraction of sp³-hybridized carbons (Fsp3) is 0.375. The Bertz CT molecular complexity index is 1050. The van der Waals surface area contributed by atoms with Gasteiger partial charge in [-0.3, -0.25) is 9.36 Å². The molecule has 2 aromatic heterocycles. The van der Waals surface area contributed by atoms with Crippen molar-refractivity contribution in [1.82, 2.24) is 24.3 Å². The van der Waals surface area contributed by atoms with Crippen molar-refractivity contribution in [3.05, 3.63) is 45.0 Å². The Morgan fingerprint density at radius 1 is 1.16 bits per heavy atom. The van der Waals surface area contributed by atoms with Gasteiger partial charge in [-0.15, -0.1) is 0 Å². The van der Waals surface area contributed by atoms with E-state index in [0.29, 0.717) is 23.3 Å². The molecular weight excluding hydrogens is 324 g/mol. The lowest BCUT2D eigenvalue weighted by atomic mass is 10.2. The van der Waals surface area contributed by atoms with Crippen LogP contribution in [0.3, 0.4) is 0 Å². The molecule has 0 spiro atoms. The second kappa shape index (κ2) is 6.08. The van der Waals surface area contributed by atoms with Gasteiger partial charge in [-0.05, 0) is 31.0 Å². The molecule has 3 N–H and O–H groups in total. The number of amides is 1. The average molecular weight is 342 g/mol. The lowest BCUT2D eigenvalue weighted by Gasteiger charge is -2.05. The molecule has 3 aromatic rings. The molecule has 1 aliphatic rings. The highest BCUT2D eigenvalue weighted by Gasteiger charge is 2.17. The van der Waals surface area contributed by atoms with Crippen molar-refractivity contribution < 1.29 is 4.79 Å². The highest BCUT2D eigenvalue weighted by Crippen LogP contribution is 2.14. The van der Waals surface area contributed by atoms with Crippen LogP contribution in [0.2, 0.25) is 0 Å². The Morgan fingerprint density at radius 3 is 2.88 bits per heavy atom. The van der Waals surface area contributed by atoms with Gasteiger partial charge in [-0.2, -0.15) is 5.10 Å². The lowest BCUT2D eigenvalue weighted by molar-refractivity contribution is -0.117. The van der Waals surface area contributed by atoms with Crippen molar-refractivity contribution >= 4 is 22.6 Å². The summed E-state index contributed by atoms with van der Waals surface area (Å²) >= 11 is 0. The lowest BCUT2D eigenvalue weighted by Crippen LogP contribution is -2.30. The van der Waals surface area contributed by atoms with Crippen LogP contribution in [0, 0.1) is 0 Å². The molecule has 0 atom stereocenters. The van der Waals surface area contributed by atoms with Crippen LogP contribution in [-0.2, 0) is 24.3 Å². The fourth-order valence-electron chi connectivity index (χ4n) is 3.18. The summed E-state index contributed by atoms with van der Waals surface area (Å²) in [4.78, 5) is 41.2. The van der Waals surface area contributed by atoms with Crippen LogP contribution in [0.15, 0.2) is 27.8 Å². The summed E-state index contributed by atoms with van der Waals surface area (Å²) in [6.45, 7) is 0.522. The Kier molecular flexibility index (Phi) is 3.75. The summed E-state index contributed by atoms with van der Waals surface area (Å²) in [6, 6.07) is 5.05. The number of fused-ring (bicyclic) bond motifs is 2. The van der Waals surface area contributed by atoms with E-state index in [0.717, 1.165) is 31.5 Å². The zero-order valence-corrected chi connectivity index (χ0v) is 13.5. The third kappa shape index (κ3) is 3.00. The summed E-state index contributed by atoms with van der Waals surface area (Å²) in [6.07, 6.45) is 3.82. The van der Waals surface area contributed by atoms with E-state index >= 15 is 0 Å². The van der Waals surface area contributed by atoms with Crippen molar-refractivity contribution in [2.45, 2.75) is 38.8 Å². The highest BCUT2D eigenvalue weighted by atomic mass is 16.2. The molecule has 130 valence electrons. The van der Waals surface area contributed by atoms with Crippen LogP contribution >= 0.6 is 0 Å². The number of aromatic nitrogens is 5. The zero-order valence-electron chi connectivity index (χ0n) is 13.5. The number of H-pyrrole nitrogens is 2. The van der Waals surface area contributed by atoms with Gasteiger partial charge in [0.15, 0.2) is 0 Å². The average Bonchev–Trinajstić information content (AvgIpc) is 2.96. The van der Waals surface area contributed by atoms with Crippen LogP contribution in [0.4, 0.5) is 5.69 Å². The first-order valence-corrected chi connectivity index (χ1v) is 8.28. The Labute approximate surface area is 141 Å². The van der Waals surface area contributed by atoms with Gasteiger partial charge in [0.05, 0.1) is 11.0 Å². The minimum Gasteiger partial charge on any atom is -0.324 e. The quantitative estimate of drug-likeness (QED) is 0.645. The van der Waals surface area contributed by atoms with Gasteiger partial charge in [0.2, 0.25) is 5.91 Å². The Balaban J connectivity index is 1.51. The maximum atomic E-state index is 12.4. The molecule has 0 saturated heterocycles. The smallest absolute Gasteiger partial charge is 0.324 e. The van der Waals surface area contributed by atoms with Gasteiger partial charge in [0, 0.05) is 18.7 Å². The third-order valence-electron chi connectivity index (χ3n) is 4.37. The number of nitrogens with zero attached hydrogens (tertiary/aromatic N) is 3. The number of aromatic amines is 2. The zero-order chi connectivity index (χ0) is 17.4.